The van der Waals surface area contributed by atoms with Crippen LogP contribution in [-0.4, -0.2) is 96.3 Å². The molecule has 3 aromatic rings. The summed E-state index contributed by atoms with van der Waals surface area (Å²) in [5.74, 6) is -1.02. The third kappa shape index (κ3) is 5.56. The highest BCUT2D eigenvalue weighted by Gasteiger charge is 2.52. The van der Waals surface area contributed by atoms with Crippen molar-refractivity contribution >= 4 is 46.6 Å². The fourth-order valence-electron chi connectivity index (χ4n) is 6.13. The van der Waals surface area contributed by atoms with E-state index < -0.39 is 30.0 Å². The molecule has 2 fully saturated rings. The van der Waals surface area contributed by atoms with E-state index >= 15 is 4.39 Å². The van der Waals surface area contributed by atoms with Crippen molar-refractivity contribution in [1.29, 1.82) is 0 Å². The number of hydrogen-bond donors (Lipinski definition) is 1. The number of piperazine rings is 1. The maximum atomic E-state index is 16.4. The second-order valence-electron chi connectivity index (χ2n) is 12.8. The maximum Gasteiger partial charge on any atom is 0.495 e. The molecule has 45 heavy (non-hydrogen) atoms. The molecule has 0 unspecified atom stereocenters. The number of aromatic amines is 1. The van der Waals surface area contributed by atoms with Crippen LogP contribution in [0.3, 0.4) is 0 Å². The lowest BCUT2D eigenvalue weighted by molar-refractivity contribution is -0.128. The van der Waals surface area contributed by atoms with E-state index in [1.807, 2.05) is 38.7 Å². The van der Waals surface area contributed by atoms with E-state index in [2.05, 4.69) is 9.97 Å². The number of nitrogens with zero attached hydrogens (tertiary/aromatic N) is 4. The van der Waals surface area contributed by atoms with Gasteiger partial charge in [-0.15, -0.1) is 0 Å². The van der Waals surface area contributed by atoms with Crippen LogP contribution >= 0.6 is 0 Å². The normalized spacial score (nSPS) is 19.7. The summed E-state index contributed by atoms with van der Waals surface area (Å²) in [5.41, 5.74) is 1.30. The number of nitrogens with one attached hydrogen (secondary N) is 1. The van der Waals surface area contributed by atoms with Crippen LogP contribution in [0.5, 0.6) is 5.88 Å². The van der Waals surface area contributed by atoms with E-state index in [-0.39, 0.29) is 29.6 Å². The standard InChI is InChI=1S/C32H38BF2N5O5/c1-19(41)40-9-7-8-20(18-40)22-15-24(33-44-31(2,3)32(4,5)45-33)23-16-25(37-28(23)27(22)35)30(42)39-12-10-38(11-13-39)26-14-21(34)17-36-29(26)43-6/h8,14-17,37H,7,9-13,18H2,1-6H3. The van der Waals surface area contributed by atoms with E-state index in [9.17, 15) is 14.0 Å². The zero-order valence-electron chi connectivity index (χ0n) is 26.5. The molecule has 3 aliphatic heterocycles. The number of benzene rings is 1. The van der Waals surface area contributed by atoms with Crippen LogP contribution in [-0.2, 0) is 14.1 Å². The Labute approximate surface area is 261 Å². The van der Waals surface area contributed by atoms with Crippen LogP contribution < -0.4 is 15.1 Å². The molecule has 2 amide bonds. The average molecular weight is 621 g/mol. The summed E-state index contributed by atoms with van der Waals surface area (Å²) in [6.45, 7) is 11.7. The molecule has 10 nitrogen and oxygen atoms in total. The zero-order valence-corrected chi connectivity index (χ0v) is 26.5. The van der Waals surface area contributed by atoms with Crippen molar-refractivity contribution in [2.45, 2.75) is 52.2 Å². The molecular formula is C32H38BF2N5O5. The third-order valence-corrected chi connectivity index (χ3v) is 9.46. The first kappa shape index (κ1) is 31.0. The summed E-state index contributed by atoms with van der Waals surface area (Å²) in [6, 6.07) is 4.76. The minimum atomic E-state index is -0.804. The van der Waals surface area contributed by atoms with Gasteiger partial charge in [0.05, 0.1) is 30.0 Å². The highest BCUT2D eigenvalue weighted by Crippen LogP contribution is 2.38. The fourth-order valence-corrected chi connectivity index (χ4v) is 6.13. The first-order valence-electron chi connectivity index (χ1n) is 15.2. The minimum absolute atomic E-state index is 0.0757. The number of carbonyl (C=O) groups excluding carboxylic acids is 2. The number of fused-ring (bicyclic) bond motifs is 1. The van der Waals surface area contributed by atoms with Crippen molar-refractivity contribution in [1.82, 2.24) is 19.8 Å². The van der Waals surface area contributed by atoms with E-state index in [0.29, 0.717) is 72.7 Å². The summed E-state index contributed by atoms with van der Waals surface area (Å²) in [7, 11) is 0.675. The molecule has 0 spiro atoms. The van der Waals surface area contributed by atoms with Gasteiger partial charge in [-0.3, -0.25) is 9.59 Å². The van der Waals surface area contributed by atoms with Crippen molar-refractivity contribution in [3.63, 3.8) is 0 Å². The summed E-state index contributed by atoms with van der Waals surface area (Å²) < 4.78 is 48.4. The summed E-state index contributed by atoms with van der Waals surface area (Å²) in [4.78, 5) is 38.3. The van der Waals surface area contributed by atoms with Gasteiger partial charge in [0, 0.05) is 63.2 Å². The van der Waals surface area contributed by atoms with Gasteiger partial charge in [0.2, 0.25) is 11.8 Å². The van der Waals surface area contributed by atoms with E-state index in [1.165, 1.54) is 20.1 Å². The molecule has 1 aromatic carbocycles. The molecule has 3 aliphatic rings. The lowest BCUT2D eigenvalue weighted by Gasteiger charge is -2.36. The molecule has 238 valence electrons. The molecule has 0 bridgehead atoms. The number of ether oxygens (including phenoxy) is 1. The first-order chi connectivity index (χ1) is 21.3. The van der Waals surface area contributed by atoms with Crippen LogP contribution in [0.15, 0.2) is 30.5 Å². The number of methoxy groups -OCH3 is 1. The molecular weight excluding hydrogens is 583 g/mol. The molecule has 0 radical (unpaired) electrons. The number of amides is 2. The van der Waals surface area contributed by atoms with Gasteiger partial charge >= 0.3 is 7.12 Å². The van der Waals surface area contributed by atoms with Gasteiger partial charge in [-0.1, -0.05) is 12.1 Å². The first-order valence-corrected chi connectivity index (χ1v) is 15.2. The van der Waals surface area contributed by atoms with Crippen LogP contribution in [0.4, 0.5) is 14.5 Å². The van der Waals surface area contributed by atoms with Crippen molar-refractivity contribution in [2.75, 3.05) is 51.3 Å². The van der Waals surface area contributed by atoms with Gasteiger partial charge in [0.25, 0.3) is 5.91 Å². The summed E-state index contributed by atoms with van der Waals surface area (Å²) in [5, 5.41) is 0.493. The summed E-state index contributed by atoms with van der Waals surface area (Å²) >= 11 is 0. The van der Waals surface area contributed by atoms with Gasteiger partial charge in [-0.2, -0.15) is 0 Å². The predicted octanol–water partition coefficient (Wildman–Crippen LogP) is 3.75. The Bertz CT molecular complexity index is 1680. The van der Waals surface area contributed by atoms with Crippen molar-refractivity contribution in [2.24, 2.45) is 0 Å². The molecule has 0 aliphatic carbocycles. The Kier molecular flexibility index (Phi) is 7.89. The molecule has 5 heterocycles. The number of H-pyrrole nitrogens is 1. The monoisotopic (exact) mass is 621 g/mol. The number of rotatable bonds is 5. The largest absolute Gasteiger partial charge is 0.495 e. The molecule has 0 atom stereocenters. The topological polar surface area (TPSA) is 100 Å². The molecule has 1 N–H and O–H groups in total. The van der Waals surface area contributed by atoms with E-state index in [4.69, 9.17) is 14.0 Å². The van der Waals surface area contributed by atoms with Crippen LogP contribution in [0.2, 0.25) is 0 Å². The van der Waals surface area contributed by atoms with Crippen LogP contribution in [0.25, 0.3) is 16.5 Å². The highest BCUT2D eigenvalue weighted by molar-refractivity contribution is 6.65. The van der Waals surface area contributed by atoms with E-state index in [1.54, 1.807) is 21.9 Å². The Morgan fingerprint density at radius 2 is 1.69 bits per heavy atom. The lowest BCUT2D eigenvalue weighted by Crippen LogP contribution is -2.49. The van der Waals surface area contributed by atoms with Gasteiger partial charge in [-0.25, -0.2) is 13.8 Å². The average Bonchev–Trinajstić information content (AvgIpc) is 3.55. The number of halogens is 2. The molecule has 13 heteroatoms. The number of carbonyl (C=O) groups is 2. The van der Waals surface area contributed by atoms with Gasteiger partial charge in [0.1, 0.15) is 17.2 Å². The van der Waals surface area contributed by atoms with Gasteiger partial charge in [-0.05, 0) is 51.2 Å². The lowest BCUT2D eigenvalue weighted by atomic mass is 9.75. The number of hydrogen-bond acceptors (Lipinski definition) is 7. The Hall–Kier alpha value is -3.97. The Morgan fingerprint density at radius 3 is 2.33 bits per heavy atom. The van der Waals surface area contributed by atoms with Crippen LogP contribution in [0.1, 0.15) is 57.1 Å². The zero-order chi connectivity index (χ0) is 32.3. The Balaban J connectivity index is 1.34. The number of anilines is 1. The van der Waals surface area contributed by atoms with Crippen molar-refractivity contribution in [3.05, 3.63) is 53.4 Å². The van der Waals surface area contributed by atoms with Gasteiger partial charge in [0.15, 0.2) is 5.82 Å². The second-order valence-corrected chi connectivity index (χ2v) is 12.8. The molecule has 2 saturated heterocycles. The Morgan fingerprint density at radius 1 is 1.00 bits per heavy atom. The minimum Gasteiger partial charge on any atom is -0.480 e. The second kappa shape index (κ2) is 11.4. The molecule has 2 aromatic heterocycles. The van der Waals surface area contributed by atoms with E-state index in [0.717, 1.165) is 6.20 Å². The molecule has 6 rings (SSSR count). The highest BCUT2D eigenvalue weighted by atomic mass is 19.1. The van der Waals surface area contributed by atoms with Gasteiger partial charge < -0.3 is 33.7 Å². The maximum absolute atomic E-state index is 16.4. The van der Waals surface area contributed by atoms with Crippen molar-refractivity contribution in [3.8, 4) is 5.88 Å². The SMILES string of the molecule is COc1ncc(F)cc1N1CCN(C(=O)c2cc3c(B4OC(C)(C)C(C)(C)O4)cc(C4=CCCN(C(C)=O)C4)c(F)c3[nH]2)CC1. The van der Waals surface area contributed by atoms with Crippen molar-refractivity contribution < 1.29 is 32.4 Å². The molecule has 0 saturated carbocycles. The quantitative estimate of drug-likeness (QED) is 0.434. The fraction of sp³-hybridized carbons (Fsp3) is 0.469. The number of pyridine rings is 1. The summed E-state index contributed by atoms with van der Waals surface area (Å²) in [6.07, 6.45) is 3.66. The third-order valence-electron chi connectivity index (χ3n) is 9.46. The van der Waals surface area contributed by atoms with Crippen LogP contribution in [0, 0.1) is 11.6 Å². The smallest absolute Gasteiger partial charge is 0.480 e. The number of aromatic nitrogens is 2. The predicted molar refractivity (Wildman–Crippen MR) is 168 cm³/mol.